The van der Waals surface area contributed by atoms with Gasteiger partial charge >= 0.3 is 17.8 Å². The van der Waals surface area contributed by atoms with Gasteiger partial charge in [0.05, 0.1) is 22.5 Å². The number of nitrogens with zero attached hydrogens (tertiary/aromatic N) is 1. The van der Waals surface area contributed by atoms with E-state index in [1.807, 2.05) is 0 Å². The van der Waals surface area contributed by atoms with Crippen molar-refractivity contribution in [3.63, 3.8) is 0 Å². The van der Waals surface area contributed by atoms with Gasteiger partial charge in [0, 0.05) is 5.02 Å². The van der Waals surface area contributed by atoms with E-state index < -0.39 is 17.8 Å². The average molecular weight is 456 g/mol. The number of hydrogen-bond donors (Lipinski definition) is 2. The van der Waals surface area contributed by atoms with Crippen molar-refractivity contribution in [2.45, 2.75) is 0 Å². The van der Waals surface area contributed by atoms with Crippen LogP contribution in [-0.4, -0.2) is 24.0 Å². The molecule has 0 fully saturated rings. The smallest absolute Gasteiger partial charge is 0.343 e. The van der Waals surface area contributed by atoms with Crippen molar-refractivity contribution in [1.82, 2.24) is 5.43 Å². The van der Waals surface area contributed by atoms with Crippen molar-refractivity contribution in [1.29, 1.82) is 0 Å². The zero-order valence-electron chi connectivity index (χ0n) is 15.8. The fourth-order valence-corrected chi connectivity index (χ4v) is 2.64. The average Bonchev–Trinajstić information content (AvgIpc) is 2.77. The second-order valence-electron chi connectivity index (χ2n) is 6.10. The lowest BCUT2D eigenvalue weighted by Gasteiger charge is -2.05. The lowest BCUT2D eigenvalue weighted by Crippen LogP contribution is -2.32. The number of carbonyl (C=O) groups excluding carboxylic acids is 3. The lowest BCUT2D eigenvalue weighted by atomic mass is 10.2. The summed E-state index contributed by atoms with van der Waals surface area (Å²) in [6.07, 6.45) is 1.34. The Morgan fingerprint density at radius 2 is 1.52 bits per heavy atom. The third kappa shape index (κ3) is 6.40. The van der Waals surface area contributed by atoms with Gasteiger partial charge < -0.3 is 10.1 Å². The number of benzene rings is 3. The molecule has 0 radical (unpaired) electrons. The number of carbonyl (C=O) groups is 3. The molecule has 31 heavy (non-hydrogen) atoms. The minimum absolute atomic E-state index is 0.309. The van der Waals surface area contributed by atoms with Gasteiger partial charge in [0.2, 0.25) is 0 Å². The first-order chi connectivity index (χ1) is 14.9. The van der Waals surface area contributed by atoms with Crippen LogP contribution in [0, 0.1) is 0 Å². The summed E-state index contributed by atoms with van der Waals surface area (Å²) in [6, 6.07) is 19.3. The molecule has 0 spiro atoms. The van der Waals surface area contributed by atoms with Crippen LogP contribution in [0.15, 0.2) is 77.9 Å². The summed E-state index contributed by atoms with van der Waals surface area (Å²) >= 11 is 11.7. The van der Waals surface area contributed by atoms with Crippen LogP contribution in [0.1, 0.15) is 15.9 Å². The van der Waals surface area contributed by atoms with Crippen molar-refractivity contribution in [3.05, 3.63) is 94.0 Å². The third-order valence-corrected chi connectivity index (χ3v) is 4.46. The van der Waals surface area contributed by atoms with Gasteiger partial charge in [-0.2, -0.15) is 5.10 Å². The first-order valence-corrected chi connectivity index (χ1v) is 9.65. The van der Waals surface area contributed by atoms with Crippen LogP contribution < -0.4 is 15.5 Å². The molecule has 9 heteroatoms. The molecule has 0 unspecified atom stereocenters. The highest BCUT2D eigenvalue weighted by Gasteiger charge is 2.14. The highest BCUT2D eigenvalue weighted by molar-refractivity contribution is 6.41. The van der Waals surface area contributed by atoms with E-state index in [4.69, 9.17) is 27.9 Å². The van der Waals surface area contributed by atoms with Crippen molar-refractivity contribution in [3.8, 4) is 5.75 Å². The molecule has 0 saturated heterocycles. The summed E-state index contributed by atoms with van der Waals surface area (Å²) < 4.78 is 5.28. The largest absolute Gasteiger partial charge is 0.423 e. The van der Waals surface area contributed by atoms with Crippen molar-refractivity contribution in [2.75, 3.05) is 5.32 Å². The van der Waals surface area contributed by atoms with E-state index in [-0.39, 0.29) is 0 Å². The Morgan fingerprint density at radius 3 is 2.19 bits per heavy atom. The molecule has 2 amide bonds. The van der Waals surface area contributed by atoms with Crippen LogP contribution in [0.5, 0.6) is 5.75 Å². The fraction of sp³-hybridized carbons (Fsp3) is 0. The third-order valence-electron chi connectivity index (χ3n) is 3.88. The van der Waals surface area contributed by atoms with Gasteiger partial charge in [0.25, 0.3) is 0 Å². The summed E-state index contributed by atoms with van der Waals surface area (Å²) in [7, 11) is 0. The summed E-state index contributed by atoms with van der Waals surface area (Å²) in [6.45, 7) is 0. The van der Waals surface area contributed by atoms with Crippen molar-refractivity contribution >= 4 is 52.9 Å². The first-order valence-electron chi connectivity index (χ1n) is 8.89. The Labute approximate surface area is 187 Å². The van der Waals surface area contributed by atoms with Gasteiger partial charge in [-0.05, 0) is 66.2 Å². The maximum Gasteiger partial charge on any atom is 0.343 e. The Bertz CT molecular complexity index is 1130. The molecule has 156 valence electrons. The number of esters is 1. The Morgan fingerprint density at radius 1 is 0.839 bits per heavy atom. The molecule has 7 nitrogen and oxygen atoms in total. The molecule has 0 bridgehead atoms. The normalized spacial score (nSPS) is 10.5. The minimum Gasteiger partial charge on any atom is -0.423 e. The zero-order chi connectivity index (χ0) is 22.2. The molecule has 0 aliphatic carbocycles. The molecule has 0 aromatic heterocycles. The summed E-state index contributed by atoms with van der Waals surface area (Å²) in [4.78, 5) is 35.8. The number of ether oxygens (including phenoxy) is 1. The number of para-hydroxylation sites is 1. The zero-order valence-corrected chi connectivity index (χ0v) is 17.4. The van der Waals surface area contributed by atoms with E-state index in [9.17, 15) is 14.4 Å². The van der Waals surface area contributed by atoms with E-state index in [0.717, 1.165) is 0 Å². The van der Waals surface area contributed by atoms with Crippen LogP contribution in [-0.2, 0) is 9.59 Å². The van der Waals surface area contributed by atoms with Crippen LogP contribution in [0.2, 0.25) is 10.0 Å². The summed E-state index contributed by atoms with van der Waals surface area (Å²) in [5, 5.41) is 6.95. The summed E-state index contributed by atoms with van der Waals surface area (Å²) in [5.41, 5.74) is 3.42. The number of hydrogen-bond acceptors (Lipinski definition) is 5. The lowest BCUT2D eigenvalue weighted by molar-refractivity contribution is -0.136. The fourth-order valence-electron chi connectivity index (χ4n) is 2.33. The SMILES string of the molecule is O=C(N/N=C/c1ccc(OC(=O)c2ccc(Cl)cc2)cc1)C(=O)Nc1ccccc1Cl. The highest BCUT2D eigenvalue weighted by atomic mass is 35.5. The molecular formula is C22H15Cl2N3O4. The molecule has 0 aliphatic heterocycles. The number of amides is 2. The minimum atomic E-state index is -0.954. The quantitative estimate of drug-likeness (QED) is 0.197. The Kier molecular flexibility index (Phi) is 7.37. The standard InChI is InChI=1S/C22H15Cl2N3O4/c23-16-9-7-15(8-10-16)22(30)31-17-11-5-14(6-12-17)13-25-27-21(29)20(28)26-19-4-2-1-3-18(19)24/h1-13H,(H,26,28)(H,27,29)/b25-13+. The maximum atomic E-state index is 12.1. The number of halogens is 2. The second-order valence-corrected chi connectivity index (χ2v) is 6.94. The van der Waals surface area contributed by atoms with E-state index in [2.05, 4.69) is 15.8 Å². The first kappa shape index (κ1) is 22.0. The second kappa shape index (κ2) is 10.4. The molecule has 2 N–H and O–H groups in total. The number of nitrogens with one attached hydrogen (secondary N) is 2. The van der Waals surface area contributed by atoms with Crippen LogP contribution in [0.4, 0.5) is 5.69 Å². The van der Waals surface area contributed by atoms with Gasteiger partial charge in [0.15, 0.2) is 0 Å². The van der Waals surface area contributed by atoms with Gasteiger partial charge in [-0.1, -0.05) is 35.3 Å². The topological polar surface area (TPSA) is 96.9 Å². The molecule has 0 heterocycles. The molecular weight excluding hydrogens is 441 g/mol. The Hall–Kier alpha value is -3.68. The van der Waals surface area contributed by atoms with Crippen LogP contribution in [0.25, 0.3) is 0 Å². The van der Waals surface area contributed by atoms with E-state index in [1.54, 1.807) is 72.8 Å². The predicted octanol–water partition coefficient (Wildman–Crippen LogP) is 4.30. The molecule has 3 aromatic carbocycles. The monoisotopic (exact) mass is 455 g/mol. The van der Waals surface area contributed by atoms with Gasteiger partial charge in [-0.25, -0.2) is 10.2 Å². The molecule has 0 aliphatic rings. The van der Waals surface area contributed by atoms with E-state index in [0.29, 0.717) is 32.6 Å². The number of anilines is 1. The maximum absolute atomic E-state index is 12.1. The predicted molar refractivity (Wildman–Crippen MR) is 119 cm³/mol. The Balaban J connectivity index is 1.51. The van der Waals surface area contributed by atoms with Crippen LogP contribution >= 0.6 is 23.2 Å². The summed E-state index contributed by atoms with van der Waals surface area (Å²) in [5.74, 6) is -2.05. The van der Waals surface area contributed by atoms with Gasteiger partial charge in [-0.15, -0.1) is 0 Å². The van der Waals surface area contributed by atoms with E-state index in [1.165, 1.54) is 6.21 Å². The highest BCUT2D eigenvalue weighted by Crippen LogP contribution is 2.20. The van der Waals surface area contributed by atoms with Crippen molar-refractivity contribution < 1.29 is 19.1 Å². The van der Waals surface area contributed by atoms with Gasteiger partial charge in [0.1, 0.15) is 5.75 Å². The molecule has 0 saturated carbocycles. The number of rotatable bonds is 5. The van der Waals surface area contributed by atoms with E-state index >= 15 is 0 Å². The number of hydrazone groups is 1. The molecule has 0 atom stereocenters. The van der Waals surface area contributed by atoms with Crippen molar-refractivity contribution in [2.24, 2.45) is 5.10 Å². The molecule has 3 rings (SSSR count). The van der Waals surface area contributed by atoms with Crippen LogP contribution in [0.3, 0.4) is 0 Å². The molecule has 3 aromatic rings. The van der Waals surface area contributed by atoms with Gasteiger partial charge in [-0.3, -0.25) is 9.59 Å².